The highest BCUT2D eigenvalue weighted by Crippen LogP contribution is 2.23. The Morgan fingerprint density at radius 2 is 2.06 bits per heavy atom. The molecule has 90 valence electrons. The molecular weight excluding hydrogens is 236 g/mol. The molecule has 0 aliphatic rings. The summed E-state index contributed by atoms with van der Waals surface area (Å²) in [5, 5.41) is 18.4. The van der Waals surface area contributed by atoms with E-state index in [-0.39, 0.29) is 0 Å². The highest BCUT2D eigenvalue weighted by atomic mass is 32.2. The van der Waals surface area contributed by atoms with Crippen molar-refractivity contribution in [1.29, 1.82) is 0 Å². The van der Waals surface area contributed by atoms with Crippen LogP contribution in [-0.2, 0) is 7.05 Å². The first-order valence-corrected chi connectivity index (χ1v) is 6.17. The molecule has 3 N–H and O–H groups in total. The molecular formula is C11H14N4OS. The molecule has 1 heterocycles. The minimum Gasteiger partial charge on any atom is -0.388 e. The van der Waals surface area contributed by atoms with Crippen molar-refractivity contribution in [3.63, 3.8) is 0 Å². The van der Waals surface area contributed by atoms with Gasteiger partial charge < -0.3 is 10.8 Å². The molecule has 5 nitrogen and oxygen atoms in total. The molecule has 0 spiro atoms. The second kappa shape index (κ2) is 5.20. The lowest BCUT2D eigenvalue weighted by Crippen LogP contribution is -2.02. The van der Waals surface area contributed by atoms with Crippen LogP contribution in [-0.4, -0.2) is 25.6 Å². The minimum atomic E-state index is -0.515. The average molecular weight is 250 g/mol. The number of nitrogens with zero attached hydrogens (tertiary/aromatic N) is 3. The first-order valence-electron chi connectivity index (χ1n) is 5.19. The smallest absolute Gasteiger partial charge is 0.222 e. The first-order chi connectivity index (χ1) is 8.18. The molecule has 6 heteroatoms. The van der Waals surface area contributed by atoms with Crippen LogP contribution in [0.1, 0.15) is 11.7 Å². The maximum absolute atomic E-state index is 9.97. The van der Waals surface area contributed by atoms with Crippen LogP contribution in [0.3, 0.4) is 0 Å². The Morgan fingerprint density at radius 1 is 1.35 bits per heavy atom. The topological polar surface area (TPSA) is 77.0 Å². The third-order valence-electron chi connectivity index (χ3n) is 2.42. The largest absolute Gasteiger partial charge is 0.388 e. The number of aliphatic hydroxyl groups excluding tert-OH is 1. The Labute approximate surface area is 104 Å². The molecule has 0 amide bonds. The Kier molecular flexibility index (Phi) is 3.65. The number of aromatic nitrogens is 3. The molecule has 0 fully saturated rings. The molecule has 2 aromatic rings. The monoisotopic (exact) mass is 250 g/mol. The maximum Gasteiger partial charge on any atom is 0.222 e. The van der Waals surface area contributed by atoms with Gasteiger partial charge in [0, 0.05) is 12.8 Å². The minimum absolute atomic E-state index is 0.377. The molecule has 0 saturated heterocycles. The third kappa shape index (κ3) is 2.78. The van der Waals surface area contributed by atoms with Gasteiger partial charge in [0.25, 0.3) is 0 Å². The molecule has 1 aromatic heterocycles. The van der Waals surface area contributed by atoms with Gasteiger partial charge in [-0.25, -0.2) is 0 Å². The van der Waals surface area contributed by atoms with Crippen molar-refractivity contribution in [3.8, 4) is 0 Å². The van der Waals surface area contributed by atoms with E-state index < -0.39 is 6.10 Å². The molecule has 1 aromatic carbocycles. The number of nitrogen functional groups attached to an aromatic ring is 1. The van der Waals surface area contributed by atoms with E-state index in [2.05, 4.69) is 10.2 Å². The van der Waals surface area contributed by atoms with Crippen LogP contribution in [0.2, 0.25) is 0 Å². The van der Waals surface area contributed by atoms with Gasteiger partial charge in [-0.2, -0.15) is 0 Å². The summed E-state index contributed by atoms with van der Waals surface area (Å²) in [5.74, 6) is 0.900. The van der Waals surface area contributed by atoms with E-state index >= 15 is 0 Å². The van der Waals surface area contributed by atoms with Crippen molar-refractivity contribution >= 4 is 17.7 Å². The second-order valence-corrected chi connectivity index (χ2v) is 4.62. The lowest BCUT2D eigenvalue weighted by atomic mass is 10.1. The zero-order valence-electron chi connectivity index (χ0n) is 9.45. The van der Waals surface area contributed by atoms with Crippen LogP contribution in [0.25, 0.3) is 0 Å². The van der Waals surface area contributed by atoms with Crippen LogP contribution in [0.4, 0.5) is 5.95 Å². The number of anilines is 1. The van der Waals surface area contributed by atoms with E-state index in [9.17, 15) is 5.11 Å². The highest BCUT2D eigenvalue weighted by Gasteiger charge is 2.11. The maximum atomic E-state index is 9.97. The quantitative estimate of drug-likeness (QED) is 0.798. The molecule has 0 aliphatic carbocycles. The number of hydrogen-bond donors (Lipinski definition) is 2. The van der Waals surface area contributed by atoms with Gasteiger partial charge in [-0.15, -0.1) is 10.2 Å². The van der Waals surface area contributed by atoms with E-state index in [0.717, 1.165) is 5.56 Å². The average Bonchev–Trinajstić information content (AvgIpc) is 2.68. The third-order valence-corrected chi connectivity index (χ3v) is 3.52. The lowest BCUT2D eigenvalue weighted by Gasteiger charge is -2.09. The number of rotatable bonds is 4. The van der Waals surface area contributed by atoms with Crippen molar-refractivity contribution < 1.29 is 5.11 Å². The summed E-state index contributed by atoms with van der Waals surface area (Å²) in [5.41, 5.74) is 6.47. The van der Waals surface area contributed by atoms with E-state index in [1.54, 1.807) is 11.6 Å². The Hall–Kier alpha value is -1.53. The SMILES string of the molecule is Cn1c(N)nnc1SCC(O)c1ccccc1. The predicted molar refractivity (Wildman–Crippen MR) is 67.5 cm³/mol. The standard InChI is InChI=1S/C11H14N4OS/c1-15-10(12)13-14-11(15)17-7-9(16)8-5-3-2-4-6-8/h2-6,9,16H,7H2,1H3,(H2,12,13). The summed E-state index contributed by atoms with van der Waals surface area (Å²) >= 11 is 1.43. The van der Waals surface area contributed by atoms with Gasteiger partial charge in [-0.05, 0) is 5.56 Å². The lowest BCUT2D eigenvalue weighted by molar-refractivity contribution is 0.204. The van der Waals surface area contributed by atoms with E-state index in [4.69, 9.17) is 5.73 Å². The first kappa shape index (κ1) is 11.9. The summed E-state index contributed by atoms with van der Waals surface area (Å²) in [6, 6.07) is 9.53. The molecule has 0 radical (unpaired) electrons. The zero-order valence-corrected chi connectivity index (χ0v) is 10.3. The number of nitrogens with two attached hydrogens (primary N) is 1. The number of benzene rings is 1. The van der Waals surface area contributed by atoms with E-state index in [1.807, 2.05) is 30.3 Å². The summed E-state index contributed by atoms with van der Waals surface area (Å²) in [4.78, 5) is 0. The van der Waals surface area contributed by atoms with Gasteiger partial charge in [-0.3, -0.25) is 4.57 Å². The van der Waals surface area contributed by atoms with Gasteiger partial charge >= 0.3 is 0 Å². The van der Waals surface area contributed by atoms with Crippen molar-refractivity contribution in [3.05, 3.63) is 35.9 Å². The summed E-state index contributed by atoms with van der Waals surface area (Å²) in [6.45, 7) is 0. The van der Waals surface area contributed by atoms with Crippen LogP contribution < -0.4 is 5.73 Å². The van der Waals surface area contributed by atoms with Gasteiger partial charge in [0.05, 0.1) is 6.10 Å². The Bertz CT molecular complexity index is 485. The number of thioether (sulfide) groups is 1. The van der Waals surface area contributed by atoms with Crippen molar-refractivity contribution in [1.82, 2.24) is 14.8 Å². The molecule has 0 saturated carbocycles. The Morgan fingerprint density at radius 3 is 2.65 bits per heavy atom. The van der Waals surface area contributed by atoms with Crippen LogP contribution in [0.15, 0.2) is 35.5 Å². The van der Waals surface area contributed by atoms with Crippen LogP contribution in [0.5, 0.6) is 0 Å². The van der Waals surface area contributed by atoms with Crippen LogP contribution >= 0.6 is 11.8 Å². The fourth-order valence-corrected chi connectivity index (χ4v) is 2.26. The summed E-state index contributed by atoms with van der Waals surface area (Å²) in [7, 11) is 1.80. The van der Waals surface area contributed by atoms with E-state index in [0.29, 0.717) is 16.9 Å². The van der Waals surface area contributed by atoms with Gasteiger partial charge in [0.15, 0.2) is 5.16 Å². The van der Waals surface area contributed by atoms with Gasteiger partial charge in [0.1, 0.15) is 0 Å². The number of hydrogen-bond acceptors (Lipinski definition) is 5. The van der Waals surface area contributed by atoms with Crippen molar-refractivity contribution in [2.24, 2.45) is 7.05 Å². The molecule has 0 bridgehead atoms. The molecule has 1 unspecified atom stereocenters. The van der Waals surface area contributed by atoms with Crippen LogP contribution in [0, 0.1) is 0 Å². The van der Waals surface area contributed by atoms with Crippen molar-refractivity contribution in [2.75, 3.05) is 11.5 Å². The molecule has 0 aliphatic heterocycles. The number of aliphatic hydroxyl groups is 1. The summed E-state index contributed by atoms with van der Waals surface area (Å²) in [6.07, 6.45) is -0.515. The van der Waals surface area contributed by atoms with E-state index in [1.165, 1.54) is 11.8 Å². The molecule has 17 heavy (non-hydrogen) atoms. The fraction of sp³-hybridized carbons (Fsp3) is 0.273. The second-order valence-electron chi connectivity index (χ2n) is 3.64. The normalized spacial score (nSPS) is 12.6. The molecule has 1 atom stereocenters. The van der Waals surface area contributed by atoms with Gasteiger partial charge in [0.2, 0.25) is 5.95 Å². The predicted octanol–water partition coefficient (Wildman–Crippen LogP) is 1.22. The summed E-state index contributed by atoms with van der Waals surface area (Å²) < 4.78 is 1.70. The Balaban J connectivity index is 1.97. The van der Waals surface area contributed by atoms with Gasteiger partial charge in [-0.1, -0.05) is 42.1 Å². The fourth-order valence-electron chi connectivity index (χ4n) is 1.38. The highest BCUT2D eigenvalue weighted by molar-refractivity contribution is 7.99. The molecule has 2 rings (SSSR count). The van der Waals surface area contributed by atoms with Crippen molar-refractivity contribution in [2.45, 2.75) is 11.3 Å². The zero-order chi connectivity index (χ0) is 12.3.